The highest BCUT2D eigenvalue weighted by Crippen LogP contribution is 2.29. The van der Waals surface area contributed by atoms with Crippen LogP contribution in [0.2, 0.25) is 0 Å². The molecule has 0 saturated heterocycles. The molecular formula is C20H20FN3O2S. The molecule has 1 fully saturated rings. The summed E-state index contributed by atoms with van der Waals surface area (Å²) in [6, 6.07) is 14.6. The quantitative estimate of drug-likeness (QED) is 0.554. The zero-order valence-electron chi connectivity index (χ0n) is 15.0. The summed E-state index contributed by atoms with van der Waals surface area (Å²) in [5.41, 5.74) is 1.91. The van der Waals surface area contributed by atoms with Crippen LogP contribution in [0.5, 0.6) is 5.75 Å². The van der Waals surface area contributed by atoms with E-state index in [1.165, 1.54) is 30.5 Å². The molecule has 27 heavy (non-hydrogen) atoms. The third-order valence-electron chi connectivity index (χ3n) is 4.62. The van der Waals surface area contributed by atoms with Crippen LogP contribution in [-0.4, -0.2) is 27.8 Å². The third-order valence-corrected chi connectivity index (χ3v) is 4.92. The molecule has 2 aromatic carbocycles. The Bertz CT molecular complexity index is 962. The van der Waals surface area contributed by atoms with Crippen LogP contribution >= 0.6 is 12.2 Å². The highest BCUT2D eigenvalue weighted by molar-refractivity contribution is 7.71. The number of rotatable bonds is 7. The van der Waals surface area contributed by atoms with Crippen LogP contribution in [0.25, 0.3) is 11.5 Å². The van der Waals surface area contributed by atoms with Crippen LogP contribution < -0.4 is 4.74 Å². The summed E-state index contributed by atoms with van der Waals surface area (Å²) in [6.45, 7) is 1.36. The number of ether oxygens (including phenoxy) is 1. The van der Waals surface area contributed by atoms with E-state index in [-0.39, 0.29) is 5.82 Å². The summed E-state index contributed by atoms with van der Waals surface area (Å²) in [5.74, 6) is 0.954. The van der Waals surface area contributed by atoms with Crippen molar-refractivity contribution in [1.29, 1.82) is 0 Å². The second-order valence-electron chi connectivity index (χ2n) is 6.65. The van der Waals surface area contributed by atoms with Crippen molar-refractivity contribution in [2.45, 2.75) is 32.1 Å². The molecule has 1 aromatic heterocycles. The maximum Gasteiger partial charge on any atom is 0.288 e. The van der Waals surface area contributed by atoms with E-state index >= 15 is 0 Å². The van der Waals surface area contributed by atoms with Crippen molar-refractivity contribution in [3.63, 3.8) is 0 Å². The lowest BCUT2D eigenvalue weighted by molar-refractivity contribution is 0.184. The Morgan fingerprint density at radius 3 is 2.52 bits per heavy atom. The van der Waals surface area contributed by atoms with Gasteiger partial charge in [0, 0.05) is 18.2 Å². The van der Waals surface area contributed by atoms with Gasteiger partial charge in [0.25, 0.3) is 4.84 Å². The second kappa shape index (κ2) is 7.62. The van der Waals surface area contributed by atoms with Gasteiger partial charge in [0.2, 0.25) is 5.89 Å². The Kier molecular flexibility index (Phi) is 5.05. The predicted octanol–water partition coefficient (Wildman–Crippen LogP) is 4.64. The first kappa shape index (κ1) is 17.9. The second-order valence-corrected chi connectivity index (χ2v) is 7.00. The SMILES string of the molecule is COc1ccc(CN(Cn2nc(-c3ccc(F)cc3)oc2=S)C2CC2)cc1. The lowest BCUT2D eigenvalue weighted by Crippen LogP contribution is -2.28. The molecule has 0 spiro atoms. The van der Waals surface area contributed by atoms with Gasteiger partial charge >= 0.3 is 0 Å². The molecule has 0 unspecified atom stereocenters. The third kappa shape index (κ3) is 4.26. The molecule has 1 saturated carbocycles. The van der Waals surface area contributed by atoms with Crippen LogP contribution in [0, 0.1) is 10.7 Å². The van der Waals surface area contributed by atoms with Gasteiger partial charge < -0.3 is 9.15 Å². The lowest BCUT2D eigenvalue weighted by Gasteiger charge is -2.21. The molecule has 7 heteroatoms. The fourth-order valence-electron chi connectivity index (χ4n) is 2.98. The Hall–Kier alpha value is -2.51. The minimum atomic E-state index is -0.295. The summed E-state index contributed by atoms with van der Waals surface area (Å²) >= 11 is 5.34. The molecular weight excluding hydrogens is 365 g/mol. The number of halogens is 1. The summed E-state index contributed by atoms with van der Waals surface area (Å²) < 4.78 is 25.7. The van der Waals surface area contributed by atoms with Gasteiger partial charge in [0.15, 0.2) is 0 Å². The summed E-state index contributed by atoms with van der Waals surface area (Å²) in [6.07, 6.45) is 2.35. The summed E-state index contributed by atoms with van der Waals surface area (Å²) in [5, 5.41) is 4.49. The smallest absolute Gasteiger partial charge is 0.288 e. The normalized spacial score (nSPS) is 13.9. The topological polar surface area (TPSA) is 43.4 Å². The van der Waals surface area contributed by atoms with Crippen molar-refractivity contribution in [2.24, 2.45) is 0 Å². The van der Waals surface area contributed by atoms with Crippen molar-refractivity contribution < 1.29 is 13.5 Å². The van der Waals surface area contributed by atoms with Gasteiger partial charge in [-0.05, 0) is 67.0 Å². The average Bonchev–Trinajstić information content (AvgIpc) is 3.47. The molecule has 140 valence electrons. The van der Waals surface area contributed by atoms with E-state index in [0.717, 1.165) is 12.3 Å². The fraction of sp³-hybridized carbons (Fsp3) is 0.300. The van der Waals surface area contributed by atoms with Crippen molar-refractivity contribution in [3.8, 4) is 17.2 Å². The van der Waals surface area contributed by atoms with E-state index in [2.05, 4.69) is 22.1 Å². The molecule has 0 bridgehead atoms. The van der Waals surface area contributed by atoms with Crippen molar-refractivity contribution in [1.82, 2.24) is 14.7 Å². The molecule has 0 radical (unpaired) electrons. The fourth-order valence-corrected chi connectivity index (χ4v) is 3.15. The highest BCUT2D eigenvalue weighted by Gasteiger charge is 2.29. The molecule has 1 aliphatic rings. The van der Waals surface area contributed by atoms with Gasteiger partial charge in [-0.2, -0.15) is 0 Å². The Morgan fingerprint density at radius 1 is 1.19 bits per heavy atom. The molecule has 0 amide bonds. The van der Waals surface area contributed by atoms with Crippen LogP contribution in [0.3, 0.4) is 0 Å². The number of aromatic nitrogens is 2. The maximum absolute atomic E-state index is 13.1. The molecule has 3 aromatic rings. The number of benzene rings is 2. The van der Waals surface area contributed by atoms with Gasteiger partial charge in [-0.1, -0.05) is 12.1 Å². The number of hydrogen-bond donors (Lipinski definition) is 0. The van der Waals surface area contributed by atoms with E-state index in [9.17, 15) is 4.39 Å². The van der Waals surface area contributed by atoms with E-state index in [4.69, 9.17) is 21.4 Å². The molecule has 1 heterocycles. The van der Waals surface area contributed by atoms with Crippen LogP contribution in [-0.2, 0) is 13.2 Å². The highest BCUT2D eigenvalue weighted by atomic mass is 32.1. The minimum absolute atomic E-state index is 0.295. The van der Waals surface area contributed by atoms with Crippen molar-refractivity contribution >= 4 is 12.2 Å². The Balaban J connectivity index is 1.51. The number of nitrogens with zero attached hydrogens (tertiary/aromatic N) is 3. The van der Waals surface area contributed by atoms with Gasteiger partial charge in [0.05, 0.1) is 13.8 Å². The van der Waals surface area contributed by atoms with Crippen LogP contribution in [0.1, 0.15) is 18.4 Å². The lowest BCUT2D eigenvalue weighted by atomic mass is 10.2. The van der Waals surface area contributed by atoms with Crippen molar-refractivity contribution in [3.05, 3.63) is 64.7 Å². The molecule has 0 atom stereocenters. The summed E-state index contributed by atoms with van der Waals surface area (Å²) in [7, 11) is 1.66. The van der Waals surface area contributed by atoms with Crippen molar-refractivity contribution in [2.75, 3.05) is 7.11 Å². The average molecular weight is 385 g/mol. The first-order valence-electron chi connectivity index (χ1n) is 8.83. The molecule has 0 N–H and O–H groups in total. The van der Waals surface area contributed by atoms with E-state index in [0.29, 0.717) is 29.0 Å². The van der Waals surface area contributed by atoms with Gasteiger partial charge in [-0.25, -0.2) is 9.07 Å². The zero-order valence-corrected chi connectivity index (χ0v) is 15.8. The zero-order chi connectivity index (χ0) is 18.8. The predicted molar refractivity (Wildman–Crippen MR) is 102 cm³/mol. The standard InChI is InChI=1S/C20H20FN3O2S/c1-25-18-10-2-14(3-11-18)12-23(17-8-9-17)13-24-20(27)26-19(22-24)15-4-6-16(21)7-5-15/h2-7,10-11,17H,8-9,12-13H2,1H3. The largest absolute Gasteiger partial charge is 0.497 e. The van der Waals surface area contributed by atoms with E-state index < -0.39 is 0 Å². The summed E-state index contributed by atoms with van der Waals surface area (Å²) in [4.78, 5) is 2.66. The van der Waals surface area contributed by atoms with E-state index in [1.807, 2.05) is 12.1 Å². The van der Waals surface area contributed by atoms with Gasteiger partial charge in [-0.3, -0.25) is 4.90 Å². The number of hydrogen-bond acceptors (Lipinski definition) is 5. The van der Waals surface area contributed by atoms with Gasteiger partial charge in [-0.15, -0.1) is 5.10 Å². The first-order chi connectivity index (χ1) is 13.1. The van der Waals surface area contributed by atoms with E-state index in [1.54, 1.807) is 23.9 Å². The number of methoxy groups -OCH3 is 1. The van der Waals surface area contributed by atoms with Crippen LogP contribution in [0.15, 0.2) is 52.9 Å². The maximum atomic E-state index is 13.1. The molecule has 1 aliphatic carbocycles. The first-order valence-corrected chi connectivity index (χ1v) is 9.24. The minimum Gasteiger partial charge on any atom is -0.497 e. The van der Waals surface area contributed by atoms with Crippen LogP contribution in [0.4, 0.5) is 4.39 Å². The molecule has 5 nitrogen and oxygen atoms in total. The molecule has 4 rings (SSSR count). The molecule has 0 aliphatic heterocycles. The Labute approximate surface area is 162 Å². The Morgan fingerprint density at radius 2 is 1.89 bits per heavy atom. The monoisotopic (exact) mass is 385 g/mol. The van der Waals surface area contributed by atoms with Gasteiger partial charge in [0.1, 0.15) is 11.6 Å².